The van der Waals surface area contributed by atoms with Crippen molar-refractivity contribution in [3.8, 4) is 0 Å². The second-order valence-electron chi connectivity index (χ2n) is 5.62. The molecular formula is C18H15F3N2O2S. The highest BCUT2D eigenvalue weighted by molar-refractivity contribution is 7.90. The van der Waals surface area contributed by atoms with E-state index < -0.39 is 33.6 Å². The van der Waals surface area contributed by atoms with Crippen LogP contribution in [0.25, 0.3) is 17.0 Å². The third kappa shape index (κ3) is 3.32. The molecule has 0 fully saturated rings. The summed E-state index contributed by atoms with van der Waals surface area (Å²) >= 11 is 0. The number of nitrogen functional groups attached to an aromatic ring is 1. The Morgan fingerprint density at radius 3 is 2.54 bits per heavy atom. The Morgan fingerprint density at radius 1 is 1.12 bits per heavy atom. The molecule has 8 heteroatoms. The topological polar surface area (TPSA) is 65.1 Å². The molecule has 0 aliphatic carbocycles. The number of nitrogens with zero attached hydrogens (tertiary/aromatic N) is 1. The molecule has 136 valence electrons. The Morgan fingerprint density at radius 2 is 1.85 bits per heavy atom. The maximum atomic E-state index is 13.6. The molecule has 0 radical (unpaired) electrons. The quantitative estimate of drug-likeness (QED) is 0.675. The van der Waals surface area contributed by atoms with Crippen LogP contribution in [-0.4, -0.2) is 18.1 Å². The molecule has 0 atom stereocenters. The van der Waals surface area contributed by atoms with E-state index >= 15 is 0 Å². The minimum absolute atomic E-state index is 0.0177. The van der Waals surface area contributed by atoms with Crippen molar-refractivity contribution in [2.24, 2.45) is 0 Å². The van der Waals surface area contributed by atoms with Crippen LogP contribution in [-0.2, 0) is 10.0 Å². The van der Waals surface area contributed by atoms with Gasteiger partial charge in [-0.05, 0) is 18.2 Å². The number of fused-ring (bicyclic) bond motifs is 1. The van der Waals surface area contributed by atoms with Crippen LogP contribution in [0.2, 0.25) is 0 Å². The molecule has 0 aliphatic rings. The van der Waals surface area contributed by atoms with Crippen LogP contribution in [0.5, 0.6) is 0 Å². The fourth-order valence-electron chi connectivity index (χ4n) is 2.70. The summed E-state index contributed by atoms with van der Waals surface area (Å²) in [7, 11) is -3.98. The fraction of sp³-hybridized carbons (Fsp3) is 0.111. The molecule has 0 aliphatic heterocycles. The molecule has 2 aromatic carbocycles. The highest BCUT2D eigenvalue weighted by Gasteiger charge is 2.23. The zero-order valence-corrected chi connectivity index (χ0v) is 14.3. The van der Waals surface area contributed by atoms with E-state index in [0.717, 1.165) is 10.2 Å². The van der Waals surface area contributed by atoms with Crippen molar-refractivity contribution in [3.63, 3.8) is 0 Å². The van der Waals surface area contributed by atoms with Crippen LogP contribution in [0.1, 0.15) is 17.6 Å². The summed E-state index contributed by atoms with van der Waals surface area (Å²) < 4.78 is 66.1. The summed E-state index contributed by atoms with van der Waals surface area (Å²) in [5, 5.41) is 0.0177. The predicted molar refractivity (Wildman–Crippen MR) is 95.9 cm³/mol. The van der Waals surface area contributed by atoms with Gasteiger partial charge < -0.3 is 5.73 Å². The number of rotatable bonds is 5. The number of benzene rings is 2. The van der Waals surface area contributed by atoms with E-state index in [-0.39, 0.29) is 22.2 Å². The van der Waals surface area contributed by atoms with E-state index in [9.17, 15) is 21.6 Å². The summed E-state index contributed by atoms with van der Waals surface area (Å²) in [4.78, 5) is 0. The van der Waals surface area contributed by atoms with Crippen molar-refractivity contribution in [2.45, 2.75) is 6.43 Å². The van der Waals surface area contributed by atoms with Crippen LogP contribution < -0.4 is 5.73 Å². The maximum absolute atomic E-state index is 13.6. The first-order chi connectivity index (χ1) is 12.3. The molecule has 0 spiro atoms. The number of nitrogens with two attached hydrogens (primary N) is 1. The lowest BCUT2D eigenvalue weighted by Crippen LogP contribution is -2.14. The van der Waals surface area contributed by atoms with E-state index in [1.165, 1.54) is 48.6 Å². The smallest absolute Gasteiger partial charge is 0.266 e. The number of anilines is 1. The Balaban J connectivity index is 2.00. The summed E-state index contributed by atoms with van der Waals surface area (Å²) in [5.41, 5.74) is 5.70. The summed E-state index contributed by atoms with van der Waals surface area (Å²) in [6, 6.07) is 10.2. The zero-order valence-electron chi connectivity index (χ0n) is 13.4. The van der Waals surface area contributed by atoms with Crippen LogP contribution in [0.4, 0.5) is 18.9 Å². The van der Waals surface area contributed by atoms with Gasteiger partial charge in [0, 0.05) is 28.4 Å². The molecular weight excluding hydrogens is 365 g/mol. The first-order valence-electron chi connectivity index (χ1n) is 7.63. The van der Waals surface area contributed by atoms with Crippen molar-refractivity contribution in [1.29, 1.82) is 0 Å². The number of alkyl halides is 2. The van der Waals surface area contributed by atoms with Crippen LogP contribution in [0, 0.1) is 5.82 Å². The third-order valence-corrected chi connectivity index (χ3v) is 5.42. The molecule has 0 saturated carbocycles. The normalized spacial score (nSPS) is 12.5. The largest absolute Gasteiger partial charge is 0.398 e. The first-order valence-corrected chi connectivity index (χ1v) is 9.24. The predicted octanol–water partition coefficient (Wildman–Crippen LogP) is 4.19. The molecule has 4 nitrogen and oxygen atoms in total. The number of hydrogen-bond acceptors (Lipinski definition) is 3. The first kappa shape index (κ1) is 18.1. The summed E-state index contributed by atoms with van der Waals surface area (Å²) in [6.07, 6.45) is 0.625. The van der Waals surface area contributed by atoms with Gasteiger partial charge in [-0.1, -0.05) is 36.4 Å². The lowest BCUT2D eigenvalue weighted by Gasteiger charge is -2.05. The molecule has 0 bridgehead atoms. The highest BCUT2D eigenvalue weighted by Crippen LogP contribution is 2.34. The summed E-state index contributed by atoms with van der Waals surface area (Å²) in [5.74, 6) is -0.969. The van der Waals surface area contributed by atoms with Crippen LogP contribution >= 0.6 is 0 Å². The number of aromatic nitrogens is 1. The molecule has 0 saturated heterocycles. The zero-order chi connectivity index (χ0) is 18.9. The van der Waals surface area contributed by atoms with E-state index in [0.29, 0.717) is 0 Å². The molecule has 1 aromatic heterocycles. The minimum Gasteiger partial charge on any atom is -0.398 e. The second-order valence-corrected chi connectivity index (χ2v) is 7.52. The van der Waals surface area contributed by atoms with Gasteiger partial charge in [0.05, 0.1) is 11.3 Å². The fourth-order valence-corrected chi connectivity index (χ4v) is 3.92. The van der Waals surface area contributed by atoms with Crippen LogP contribution in [0.15, 0.2) is 54.7 Å². The molecule has 0 unspecified atom stereocenters. The van der Waals surface area contributed by atoms with Crippen molar-refractivity contribution in [1.82, 2.24) is 3.97 Å². The Hall–Kier alpha value is -2.74. The van der Waals surface area contributed by atoms with Crippen molar-refractivity contribution >= 4 is 32.7 Å². The Bertz CT molecular complexity index is 1090. The van der Waals surface area contributed by atoms with Crippen molar-refractivity contribution in [2.75, 3.05) is 11.5 Å². The summed E-state index contributed by atoms with van der Waals surface area (Å²) in [6.45, 7) is 0. The van der Waals surface area contributed by atoms with Gasteiger partial charge in [0.2, 0.25) is 10.0 Å². The van der Waals surface area contributed by atoms with Gasteiger partial charge in [-0.15, -0.1) is 0 Å². The molecule has 0 amide bonds. The van der Waals surface area contributed by atoms with Crippen molar-refractivity contribution < 1.29 is 21.6 Å². The maximum Gasteiger partial charge on any atom is 0.266 e. The van der Waals surface area contributed by atoms with E-state index in [4.69, 9.17) is 5.73 Å². The molecule has 2 N–H and O–H groups in total. The average Bonchev–Trinajstić information content (AvgIpc) is 2.99. The van der Waals surface area contributed by atoms with Gasteiger partial charge in [-0.25, -0.2) is 25.6 Å². The molecule has 26 heavy (non-hydrogen) atoms. The minimum atomic E-state index is -3.98. The van der Waals surface area contributed by atoms with Gasteiger partial charge in [0.1, 0.15) is 5.82 Å². The van der Waals surface area contributed by atoms with Gasteiger partial charge in [0.15, 0.2) is 0 Å². The van der Waals surface area contributed by atoms with E-state index in [1.54, 1.807) is 6.07 Å². The van der Waals surface area contributed by atoms with E-state index in [1.807, 2.05) is 0 Å². The average molecular weight is 380 g/mol. The number of halogens is 3. The Labute approximate surface area is 148 Å². The van der Waals surface area contributed by atoms with Crippen LogP contribution in [0.3, 0.4) is 0 Å². The monoisotopic (exact) mass is 380 g/mol. The SMILES string of the molecule is Nc1cccc2c1c(C(F)F)cn2S(=O)(=O)CC=Cc1ccccc1F. The van der Waals surface area contributed by atoms with Gasteiger partial charge in [-0.2, -0.15) is 0 Å². The standard InChI is InChI=1S/C18H15F3N2O2S/c19-14-7-2-1-5-12(14)6-4-10-26(24,25)23-11-13(18(20)21)17-15(22)8-3-9-16(17)23/h1-9,11,18H,10,22H2. The third-order valence-electron chi connectivity index (χ3n) is 3.90. The van der Waals surface area contributed by atoms with Gasteiger partial charge in [-0.3, -0.25) is 0 Å². The van der Waals surface area contributed by atoms with E-state index in [2.05, 4.69) is 0 Å². The van der Waals surface area contributed by atoms with Crippen molar-refractivity contribution in [3.05, 3.63) is 71.7 Å². The van der Waals surface area contributed by atoms with Gasteiger partial charge >= 0.3 is 0 Å². The Kier molecular flexibility index (Phi) is 4.78. The second kappa shape index (κ2) is 6.87. The lowest BCUT2D eigenvalue weighted by molar-refractivity contribution is 0.153. The lowest BCUT2D eigenvalue weighted by atomic mass is 10.1. The van der Waals surface area contributed by atoms with Gasteiger partial charge in [0.25, 0.3) is 6.43 Å². The highest BCUT2D eigenvalue weighted by atomic mass is 32.2. The molecule has 3 aromatic rings. The number of hydrogen-bond donors (Lipinski definition) is 1. The molecule has 3 rings (SSSR count). The molecule has 1 heterocycles.